The van der Waals surface area contributed by atoms with E-state index < -0.39 is 11.6 Å². The molecular weight excluding hydrogens is 282 g/mol. The number of rotatable bonds is 4. The van der Waals surface area contributed by atoms with E-state index >= 15 is 0 Å². The van der Waals surface area contributed by atoms with Crippen LogP contribution in [0, 0.1) is 11.8 Å². The van der Waals surface area contributed by atoms with Gasteiger partial charge in [0.05, 0.1) is 18.6 Å². The molecule has 5 heteroatoms. The number of esters is 1. The number of carbonyl (C=O) groups is 2. The minimum absolute atomic E-state index is 0.207. The van der Waals surface area contributed by atoms with E-state index in [4.69, 9.17) is 9.47 Å². The zero-order valence-electron chi connectivity index (χ0n) is 12.5. The average molecular weight is 301 g/mol. The number of methoxy groups -OCH3 is 1. The van der Waals surface area contributed by atoms with Crippen LogP contribution in [0.15, 0.2) is 42.5 Å². The van der Waals surface area contributed by atoms with Gasteiger partial charge in [-0.05, 0) is 24.3 Å². The van der Waals surface area contributed by atoms with Gasteiger partial charge in [-0.25, -0.2) is 4.79 Å². The fourth-order valence-corrected chi connectivity index (χ4v) is 3.39. The molecule has 2 aliphatic carbocycles. The first-order chi connectivity index (χ1) is 10.6. The second kappa shape index (κ2) is 5.83. The van der Waals surface area contributed by atoms with Crippen LogP contribution in [-0.2, 0) is 20.9 Å². The van der Waals surface area contributed by atoms with Crippen LogP contribution in [0.4, 0.5) is 4.79 Å². The molecule has 2 aliphatic rings. The third-order valence-electron chi connectivity index (χ3n) is 4.46. The van der Waals surface area contributed by atoms with E-state index in [2.05, 4.69) is 11.4 Å². The largest absolute Gasteiger partial charge is 0.469 e. The Bertz CT molecular complexity index is 598. The van der Waals surface area contributed by atoms with Gasteiger partial charge in [-0.15, -0.1) is 0 Å². The number of nitrogens with one attached hydrogen (secondary N) is 1. The zero-order valence-corrected chi connectivity index (χ0v) is 12.5. The molecule has 1 N–H and O–H groups in total. The van der Waals surface area contributed by atoms with Crippen LogP contribution in [0.2, 0.25) is 0 Å². The Labute approximate surface area is 129 Å². The van der Waals surface area contributed by atoms with Crippen LogP contribution in [0.3, 0.4) is 0 Å². The van der Waals surface area contributed by atoms with Crippen molar-refractivity contribution in [3.8, 4) is 0 Å². The summed E-state index contributed by atoms with van der Waals surface area (Å²) in [4.78, 5) is 24.0. The van der Waals surface area contributed by atoms with E-state index in [-0.39, 0.29) is 18.5 Å². The van der Waals surface area contributed by atoms with Crippen molar-refractivity contribution in [1.82, 2.24) is 5.32 Å². The summed E-state index contributed by atoms with van der Waals surface area (Å²) < 4.78 is 10.1. The predicted octanol–water partition coefficient (Wildman–Crippen LogP) is 2.42. The van der Waals surface area contributed by atoms with Gasteiger partial charge >= 0.3 is 12.1 Å². The van der Waals surface area contributed by atoms with Gasteiger partial charge in [0, 0.05) is 0 Å². The van der Waals surface area contributed by atoms with Crippen molar-refractivity contribution >= 4 is 12.1 Å². The molecule has 1 saturated carbocycles. The van der Waals surface area contributed by atoms with Crippen LogP contribution >= 0.6 is 0 Å². The lowest BCUT2D eigenvalue weighted by molar-refractivity contribution is -0.147. The lowest BCUT2D eigenvalue weighted by Crippen LogP contribution is -2.51. The maximum atomic E-state index is 12.1. The molecule has 1 aromatic carbocycles. The molecule has 2 bridgehead atoms. The van der Waals surface area contributed by atoms with Crippen molar-refractivity contribution < 1.29 is 19.1 Å². The summed E-state index contributed by atoms with van der Waals surface area (Å²) in [5, 5.41) is 2.87. The van der Waals surface area contributed by atoms with Gasteiger partial charge in [-0.2, -0.15) is 0 Å². The molecule has 0 aromatic heterocycles. The predicted molar refractivity (Wildman–Crippen MR) is 79.9 cm³/mol. The third-order valence-corrected chi connectivity index (χ3v) is 4.46. The molecule has 0 heterocycles. The quantitative estimate of drug-likeness (QED) is 0.685. The molecule has 1 aromatic rings. The average Bonchev–Trinajstić information content (AvgIpc) is 3.10. The molecular formula is C17H19NO4. The molecule has 22 heavy (non-hydrogen) atoms. The standard InChI is InChI=1S/C17H19NO4/c1-21-15(19)14-9-13-7-8-17(14,10-13)18-16(20)22-11-12-5-3-2-4-6-12/h2-8,13-14H,9-11H2,1H3,(H,18,20). The number of hydrogen-bond donors (Lipinski definition) is 1. The Morgan fingerprint density at radius 1 is 1.32 bits per heavy atom. The SMILES string of the molecule is COC(=O)C1CC2C=CC1(NC(=O)OCc1ccccc1)C2. The molecule has 0 spiro atoms. The van der Waals surface area contributed by atoms with Gasteiger partial charge in [0.15, 0.2) is 0 Å². The van der Waals surface area contributed by atoms with E-state index in [1.165, 1.54) is 7.11 Å². The first-order valence-electron chi connectivity index (χ1n) is 7.39. The molecule has 116 valence electrons. The molecule has 1 fully saturated rings. The van der Waals surface area contributed by atoms with Crippen molar-refractivity contribution in [2.75, 3.05) is 7.11 Å². The third kappa shape index (κ3) is 2.71. The van der Waals surface area contributed by atoms with Gasteiger partial charge in [0.1, 0.15) is 6.61 Å². The second-order valence-electron chi connectivity index (χ2n) is 5.86. The summed E-state index contributed by atoms with van der Waals surface area (Å²) in [5.74, 6) is -0.300. The van der Waals surface area contributed by atoms with Crippen LogP contribution < -0.4 is 5.32 Å². The number of benzene rings is 1. The minimum atomic E-state index is -0.661. The zero-order chi connectivity index (χ0) is 15.6. The topological polar surface area (TPSA) is 64.6 Å². The maximum absolute atomic E-state index is 12.1. The smallest absolute Gasteiger partial charge is 0.408 e. The highest BCUT2D eigenvalue weighted by Crippen LogP contribution is 2.47. The van der Waals surface area contributed by atoms with E-state index in [1.54, 1.807) is 0 Å². The fraction of sp³-hybridized carbons (Fsp3) is 0.412. The number of carbonyl (C=O) groups excluding carboxylic acids is 2. The van der Waals surface area contributed by atoms with Gasteiger partial charge in [0.25, 0.3) is 0 Å². The summed E-state index contributed by atoms with van der Waals surface area (Å²) >= 11 is 0. The molecule has 0 aliphatic heterocycles. The Kier molecular flexibility index (Phi) is 3.88. The number of amides is 1. The van der Waals surface area contributed by atoms with Crippen LogP contribution in [0.25, 0.3) is 0 Å². The van der Waals surface area contributed by atoms with Crippen LogP contribution in [0.1, 0.15) is 18.4 Å². The summed E-state index contributed by atoms with van der Waals surface area (Å²) in [5.41, 5.74) is 0.261. The summed E-state index contributed by atoms with van der Waals surface area (Å²) in [7, 11) is 1.37. The van der Waals surface area contributed by atoms with Crippen molar-refractivity contribution in [1.29, 1.82) is 0 Å². The first-order valence-corrected chi connectivity index (χ1v) is 7.39. The molecule has 3 rings (SSSR count). The first kappa shape index (κ1) is 14.6. The van der Waals surface area contributed by atoms with Crippen molar-refractivity contribution in [3.63, 3.8) is 0 Å². The fourth-order valence-electron chi connectivity index (χ4n) is 3.39. The van der Waals surface area contributed by atoms with E-state index in [9.17, 15) is 9.59 Å². The number of ether oxygens (including phenoxy) is 2. The van der Waals surface area contributed by atoms with Crippen molar-refractivity contribution in [2.24, 2.45) is 11.8 Å². The van der Waals surface area contributed by atoms with E-state index in [0.29, 0.717) is 12.3 Å². The summed E-state index contributed by atoms with van der Waals surface area (Å²) in [6, 6.07) is 9.48. The monoisotopic (exact) mass is 301 g/mol. The normalized spacial score (nSPS) is 28.4. The number of fused-ring (bicyclic) bond motifs is 2. The second-order valence-corrected chi connectivity index (χ2v) is 5.86. The highest BCUT2D eigenvalue weighted by molar-refractivity contribution is 5.78. The van der Waals surface area contributed by atoms with E-state index in [0.717, 1.165) is 12.0 Å². The molecule has 5 nitrogen and oxygen atoms in total. The molecule has 3 unspecified atom stereocenters. The lowest BCUT2D eigenvalue weighted by Gasteiger charge is -2.31. The van der Waals surface area contributed by atoms with Crippen LogP contribution in [0.5, 0.6) is 0 Å². The van der Waals surface area contributed by atoms with Gasteiger partial charge in [-0.3, -0.25) is 4.79 Å². The number of allylic oxidation sites excluding steroid dienone is 1. The van der Waals surface area contributed by atoms with Crippen LogP contribution in [-0.4, -0.2) is 24.7 Å². The van der Waals surface area contributed by atoms with Gasteiger partial charge in [-0.1, -0.05) is 42.5 Å². The highest BCUT2D eigenvalue weighted by Gasteiger charge is 2.53. The van der Waals surface area contributed by atoms with Gasteiger partial charge in [0.2, 0.25) is 0 Å². The minimum Gasteiger partial charge on any atom is -0.469 e. The lowest BCUT2D eigenvalue weighted by atomic mass is 9.86. The number of alkyl carbamates (subject to hydrolysis) is 1. The van der Waals surface area contributed by atoms with E-state index in [1.807, 2.05) is 36.4 Å². The number of hydrogen-bond acceptors (Lipinski definition) is 4. The Morgan fingerprint density at radius 3 is 2.77 bits per heavy atom. The summed E-state index contributed by atoms with van der Waals surface area (Å²) in [6.45, 7) is 0.207. The molecule has 1 amide bonds. The van der Waals surface area contributed by atoms with Crippen molar-refractivity contribution in [2.45, 2.75) is 25.0 Å². The molecule has 0 radical (unpaired) electrons. The summed E-state index contributed by atoms with van der Waals surface area (Å²) in [6.07, 6.45) is 4.89. The molecule has 0 saturated heterocycles. The van der Waals surface area contributed by atoms with Gasteiger partial charge < -0.3 is 14.8 Å². The maximum Gasteiger partial charge on any atom is 0.408 e. The Hall–Kier alpha value is -2.30. The molecule has 3 atom stereocenters. The van der Waals surface area contributed by atoms with Crippen molar-refractivity contribution in [3.05, 3.63) is 48.0 Å². The Morgan fingerprint density at radius 2 is 2.09 bits per heavy atom. The highest BCUT2D eigenvalue weighted by atomic mass is 16.5. The Balaban J connectivity index is 1.62.